The smallest absolute Gasteiger partial charge is 0.376 e. The van der Waals surface area contributed by atoms with Crippen molar-refractivity contribution in [1.29, 1.82) is 0 Å². The summed E-state index contributed by atoms with van der Waals surface area (Å²) in [5, 5.41) is 2.69. The first-order valence-electron chi connectivity index (χ1n) is 4.55. The van der Waals surface area contributed by atoms with Crippen LogP contribution in [0, 0.1) is 0 Å². The highest BCUT2D eigenvalue weighted by Gasteiger charge is 2.26. The lowest BCUT2D eigenvalue weighted by molar-refractivity contribution is -0.134. The van der Waals surface area contributed by atoms with Crippen LogP contribution in [0.4, 0.5) is 13.2 Å². The van der Waals surface area contributed by atoms with Gasteiger partial charge in [-0.2, -0.15) is 13.2 Å². The summed E-state index contributed by atoms with van der Waals surface area (Å²) >= 11 is 0. The number of ether oxygens (including phenoxy) is 2. The zero-order valence-electron chi connectivity index (χ0n) is 7.77. The van der Waals surface area contributed by atoms with Crippen molar-refractivity contribution < 1.29 is 22.6 Å². The fraction of sp³-hybridized carbons (Fsp3) is 1.00. The SMILES string of the molecule is FC(F)(F)CCNCC1COCCO1. The molecule has 0 aromatic rings. The van der Waals surface area contributed by atoms with E-state index in [1.165, 1.54) is 0 Å². The third-order valence-corrected chi connectivity index (χ3v) is 1.84. The van der Waals surface area contributed by atoms with Gasteiger partial charge < -0.3 is 14.8 Å². The third-order valence-electron chi connectivity index (χ3n) is 1.84. The largest absolute Gasteiger partial charge is 0.390 e. The molecule has 1 aliphatic rings. The molecule has 0 saturated carbocycles. The van der Waals surface area contributed by atoms with Crippen LogP contribution in [0.25, 0.3) is 0 Å². The van der Waals surface area contributed by atoms with Crippen molar-refractivity contribution in [1.82, 2.24) is 5.32 Å². The maximum Gasteiger partial charge on any atom is 0.390 e. The van der Waals surface area contributed by atoms with Crippen LogP contribution in [0.2, 0.25) is 0 Å². The summed E-state index contributed by atoms with van der Waals surface area (Å²) in [7, 11) is 0. The Morgan fingerprint density at radius 1 is 1.29 bits per heavy atom. The van der Waals surface area contributed by atoms with Crippen LogP contribution in [0.1, 0.15) is 6.42 Å². The van der Waals surface area contributed by atoms with Gasteiger partial charge in [-0.1, -0.05) is 0 Å². The predicted octanol–water partition coefficient (Wildman–Crippen LogP) is 0.944. The third kappa shape index (κ3) is 5.41. The van der Waals surface area contributed by atoms with Crippen LogP contribution in [0.5, 0.6) is 0 Å². The van der Waals surface area contributed by atoms with Gasteiger partial charge in [0.15, 0.2) is 0 Å². The Hall–Kier alpha value is -0.330. The molecule has 3 nitrogen and oxygen atoms in total. The minimum absolute atomic E-state index is 0.0661. The molecule has 1 atom stereocenters. The predicted molar refractivity (Wildman–Crippen MR) is 44.1 cm³/mol. The Morgan fingerprint density at radius 3 is 2.64 bits per heavy atom. The molecule has 1 saturated heterocycles. The van der Waals surface area contributed by atoms with Gasteiger partial charge in [0.05, 0.1) is 32.3 Å². The molecule has 1 N–H and O–H groups in total. The maximum absolute atomic E-state index is 11.7. The number of nitrogens with one attached hydrogen (secondary N) is 1. The average Bonchev–Trinajstić information content (AvgIpc) is 2.13. The first-order chi connectivity index (χ1) is 6.58. The van der Waals surface area contributed by atoms with E-state index in [0.717, 1.165) is 0 Å². The monoisotopic (exact) mass is 213 g/mol. The fourth-order valence-corrected chi connectivity index (χ4v) is 1.15. The summed E-state index contributed by atoms with van der Waals surface area (Å²) in [6.07, 6.45) is -5.01. The van der Waals surface area contributed by atoms with E-state index in [1.807, 2.05) is 0 Å². The molecule has 0 bridgehead atoms. The second-order valence-electron chi connectivity index (χ2n) is 3.14. The first kappa shape index (κ1) is 11.7. The molecule has 1 fully saturated rings. The second-order valence-corrected chi connectivity index (χ2v) is 3.14. The standard InChI is InChI=1S/C8H14F3NO2/c9-8(10,11)1-2-12-5-7-6-13-3-4-14-7/h7,12H,1-6H2. The molecule has 1 unspecified atom stereocenters. The molecule has 6 heteroatoms. The lowest BCUT2D eigenvalue weighted by Crippen LogP contribution is -2.38. The normalized spacial score (nSPS) is 23.8. The fourth-order valence-electron chi connectivity index (χ4n) is 1.15. The topological polar surface area (TPSA) is 30.5 Å². The molecule has 1 rings (SSSR count). The molecule has 0 spiro atoms. The van der Waals surface area contributed by atoms with E-state index < -0.39 is 12.6 Å². The number of halogens is 3. The first-order valence-corrected chi connectivity index (χ1v) is 4.55. The minimum atomic E-state index is -4.09. The van der Waals surface area contributed by atoms with Gasteiger partial charge in [0, 0.05) is 13.1 Å². The van der Waals surface area contributed by atoms with Gasteiger partial charge in [0.25, 0.3) is 0 Å². The number of alkyl halides is 3. The van der Waals surface area contributed by atoms with E-state index >= 15 is 0 Å². The number of rotatable bonds is 4. The van der Waals surface area contributed by atoms with Crippen LogP contribution in [0.15, 0.2) is 0 Å². The molecule has 0 aromatic heterocycles. The van der Waals surface area contributed by atoms with Crippen LogP contribution < -0.4 is 5.32 Å². The van der Waals surface area contributed by atoms with E-state index in [4.69, 9.17) is 9.47 Å². The average molecular weight is 213 g/mol. The number of hydrogen-bond acceptors (Lipinski definition) is 3. The zero-order chi connectivity index (χ0) is 10.4. The second kappa shape index (κ2) is 5.53. The van der Waals surface area contributed by atoms with Crippen molar-refractivity contribution in [3.8, 4) is 0 Å². The Bertz CT molecular complexity index is 157. The van der Waals surface area contributed by atoms with Crippen LogP contribution >= 0.6 is 0 Å². The van der Waals surface area contributed by atoms with Crippen LogP contribution in [-0.4, -0.2) is 45.2 Å². The van der Waals surface area contributed by atoms with Crippen molar-refractivity contribution in [2.45, 2.75) is 18.7 Å². The lowest BCUT2D eigenvalue weighted by atomic mass is 10.3. The summed E-state index contributed by atoms with van der Waals surface area (Å²) in [6.45, 7) is 1.89. The van der Waals surface area contributed by atoms with Crippen molar-refractivity contribution in [3.63, 3.8) is 0 Å². The molecule has 84 valence electrons. The Kier molecular flexibility index (Phi) is 4.64. The lowest BCUT2D eigenvalue weighted by Gasteiger charge is -2.23. The van der Waals surface area contributed by atoms with Gasteiger partial charge in [0.1, 0.15) is 0 Å². The quantitative estimate of drug-likeness (QED) is 0.705. The molecular weight excluding hydrogens is 199 g/mol. The van der Waals surface area contributed by atoms with Gasteiger partial charge in [0.2, 0.25) is 0 Å². The maximum atomic E-state index is 11.7. The van der Waals surface area contributed by atoms with Crippen molar-refractivity contribution in [3.05, 3.63) is 0 Å². The summed E-state index contributed by atoms with van der Waals surface area (Å²) in [5.41, 5.74) is 0. The summed E-state index contributed by atoms with van der Waals surface area (Å²) in [6, 6.07) is 0. The van der Waals surface area contributed by atoms with Crippen molar-refractivity contribution >= 4 is 0 Å². The van der Waals surface area contributed by atoms with E-state index in [1.54, 1.807) is 0 Å². The molecule has 0 radical (unpaired) electrons. The zero-order valence-corrected chi connectivity index (χ0v) is 7.77. The van der Waals surface area contributed by atoms with E-state index in [2.05, 4.69) is 5.32 Å². The van der Waals surface area contributed by atoms with Gasteiger partial charge in [-0.15, -0.1) is 0 Å². The van der Waals surface area contributed by atoms with E-state index in [9.17, 15) is 13.2 Å². The van der Waals surface area contributed by atoms with Crippen molar-refractivity contribution in [2.24, 2.45) is 0 Å². The molecule has 0 aliphatic carbocycles. The van der Waals surface area contributed by atoms with Gasteiger partial charge in [-0.25, -0.2) is 0 Å². The summed E-state index contributed by atoms with van der Waals surface area (Å²) in [5.74, 6) is 0. The molecule has 0 amide bonds. The van der Waals surface area contributed by atoms with E-state index in [-0.39, 0.29) is 12.6 Å². The molecule has 14 heavy (non-hydrogen) atoms. The summed E-state index contributed by atoms with van der Waals surface area (Å²) in [4.78, 5) is 0. The van der Waals surface area contributed by atoms with Gasteiger partial charge in [-0.3, -0.25) is 0 Å². The molecule has 1 aliphatic heterocycles. The summed E-state index contributed by atoms with van der Waals surface area (Å²) < 4.78 is 45.5. The highest BCUT2D eigenvalue weighted by molar-refractivity contribution is 4.65. The minimum Gasteiger partial charge on any atom is -0.376 e. The highest BCUT2D eigenvalue weighted by atomic mass is 19.4. The van der Waals surface area contributed by atoms with Crippen LogP contribution in [0.3, 0.4) is 0 Å². The van der Waals surface area contributed by atoms with Gasteiger partial charge in [-0.05, 0) is 0 Å². The number of hydrogen-bond donors (Lipinski definition) is 1. The Balaban J connectivity index is 1.97. The molecular formula is C8H14F3NO2. The Morgan fingerprint density at radius 2 is 2.07 bits per heavy atom. The molecule has 0 aromatic carbocycles. The van der Waals surface area contributed by atoms with Gasteiger partial charge >= 0.3 is 6.18 Å². The van der Waals surface area contributed by atoms with Crippen LogP contribution in [-0.2, 0) is 9.47 Å². The molecule has 1 heterocycles. The highest BCUT2D eigenvalue weighted by Crippen LogP contribution is 2.18. The van der Waals surface area contributed by atoms with E-state index in [0.29, 0.717) is 26.4 Å². The van der Waals surface area contributed by atoms with Crippen molar-refractivity contribution in [2.75, 3.05) is 32.9 Å². The Labute approximate surface area is 80.6 Å².